The van der Waals surface area contributed by atoms with Crippen molar-refractivity contribution in [2.75, 3.05) is 0 Å². The molecule has 0 saturated carbocycles. The fourth-order valence-electron chi connectivity index (χ4n) is 2.04. The van der Waals surface area contributed by atoms with Gasteiger partial charge in [0, 0.05) is 18.2 Å². The maximum absolute atomic E-state index is 11.7. The van der Waals surface area contributed by atoms with E-state index < -0.39 is 35.7 Å². The predicted octanol–water partition coefficient (Wildman–Crippen LogP) is -1.17. The first-order chi connectivity index (χ1) is 8.93. The zero-order chi connectivity index (χ0) is 14.2. The van der Waals surface area contributed by atoms with Crippen molar-refractivity contribution in [2.45, 2.75) is 38.2 Å². The molecule has 1 aliphatic heterocycles. The number of aliphatic hydroxyl groups excluding tert-OH is 1. The Kier molecular flexibility index (Phi) is 3.54. The molecular weight excluding hydrogens is 256 g/mol. The van der Waals surface area contributed by atoms with Crippen molar-refractivity contribution >= 4 is 5.97 Å². The summed E-state index contributed by atoms with van der Waals surface area (Å²) in [6.45, 7) is 1.75. The van der Waals surface area contributed by atoms with Crippen molar-refractivity contribution in [2.24, 2.45) is 0 Å². The number of nitrogens with zero attached hydrogens (tertiary/aromatic N) is 1. The van der Waals surface area contributed by atoms with Gasteiger partial charge in [0.15, 0.2) is 6.10 Å². The monoisotopic (exact) mass is 270 g/mol. The summed E-state index contributed by atoms with van der Waals surface area (Å²) in [6, 6.07) is 0. The number of hydrogen-bond donors (Lipinski definition) is 3. The summed E-state index contributed by atoms with van der Waals surface area (Å²) in [7, 11) is 0. The first-order valence-corrected chi connectivity index (χ1v) is 5.84. The number of aromatic amines is 1. The fraction of sp³-hybridized carbons (Fsp3) is 0.545. The number of carboxylic acid groups (broad SMARTS) is 1. The lowest BCUT2D eigenvalue weighted by atomic mass is 10.2. The molecule has 1 fully saturated rings. The summed E-state index contributed by atoms with van der Waals surface area (Å²) < 4.78 is 6.24. The molecule has 1 aliphatic rings. The molecule has 8 nitrogen and oxygen atoms in total. The van der Waals surface area contributed by atoms with E-state index in [-0.39, 0.29) is 6.42 Å². The molecule has 1 saturated heterocycles. The van der Waals surface area contributed by atoms with Crippen LogP contribution in [0.5, 0.6) is 0 Å². The van der Waals surface area contributed by atoms with Gasteiger partial charge in [-0.3, -0.25) is 14.3 Å². The van der Waals surface area contributed by atoms with Gasteiger partial charge in [-0.25, -0.2) is 9.59 Å². The Balaban J connectivity index is 2.36. The van der Waals surface area contributed by atoms with Crippen LogP contribution >= 0.6 is 0 Å². The van der Waals surface area contributed by atoms with Crippen molar-refractivity contribution in [3.05, 3.63) is 32.6 Å². The number of aliphatic hydroxyl groups is 1. The van der Waals surface area contributed by atoms with Gasteiger partial charge in [-0.05, 0) is 6.42 Å². The lowest BCUT2D eigenvalue weighted by molar-refractivity contribution is -0.155. The molecule has 0 amide bonds. The highest BCUT2D eigenvalue weighted by atomic mass is 16.6. The third-order valence-corrected chi connectivity index (χ3v) is 3.07. The molecule has 1 aromatic heterocycles. The summed E-state index contributed by atoms with van der Waals surface area (Å²) in [5.74, 6) is -1.29. The third-order valence-electron chi connectivity index (χ3n) is 3.07. The number of H-pyrrole nitrogens is 1. The molecule has 8 heteroatoms. The van der Waals surface area contributed by atoms with Gasteiger partial charge in [0.2, 0.25) is 0 Å². The Hall–Kier alpha value is -1.93. The number of aromatic nitrogens is 2. The van der Waals surface area contributed by atoms with E-state index >= 15 is 0 Å². The number of carboxylic acids is 1. The maximum atomic E-state index is 11.7. The van der Waals surface area contributed by atoms with Crippen molar-refractivity contribution in [3.63, 3.8) is 0 Å². The topological polar surface area (TPSA) is 122 Å². The molecule has 2 heterocycles. The van der Waals surface area contributed by atoms with Gasteiger partial charge in [-0.15, -0.1) is 0 Å². The molecule has 19 heavy (non-hydrogen) atoms. The third kappa shape index (κ3) is 2.45. The molecule has 0 bridgehead atoms. The molecule has 3 N–H and O–H groups in total. The van der Waals surface area contributed by atoms with E-state index in [1.807, 2.05) is 0 Å². The Morgan fingerprint density at radius 2 is 2.26 bits per heavy atom. The van der Waals surface area contributed by atoms with Gasteiger partial charge >= 0.3 is 11.7 Å². The zero-order valence-electron chi connectivity index (χ0n) is 10.2. The van der Waals surface area contributed by atoms with Crippen molar-refractivity contribution in [3.8, 4) is 0 Å². The van der Waals surface area contributed by atoms with Crippen LogP contribution in [-0.4, -0.2) is 37.9 Å². The maximum Gasteiger partial charge on any atom is 0.335 e. The van der Waals surface area contributed by atoms with Crippen LogP contribution in [0, 0.1) is 0 Å². The summed E-state index contributed by atoms with van der Waals surface area (Å²) in [6.07, 6.45) is -1.71. The number of hydrogen-bond acceptors (Lipinski definition) is 5. The van der Waals surface area contributed by atoms with E-state index in [1.54, 1.807) is 6.92 Å². The predicted molar refractivity (Wildman–Crippen MR) is 62.9 cm³/mol. The minimum absolute atomic E-state index is 0.0218. The lowest BCUT2D eigenvalue weighted by Crippen LogP contribution is -2.34. The Morgan fingerprint density at radius 1 is 1.58 bits per heavy atom. The second kappa shape index (κ2) is 4.98. The van der Waals surface area contributed by atoms with Crippen LogP contribution < -0.4 is 11.2 Å². The van der Waals surface area contributed by atoms with Gasteiger partial charge in [-0.1, -0.05) is 6.92 Å². The fourth-order valence-corrected chi connectivity index (χ4v) is 2.04. The lowest BCUT2D eigenvalue weighted by Gasteiger charge is -2.14. The van der Waals surface area contributed by atoms with Crippen LogP contribution in [0.15, 0.2) is 15.8 Å². The molecule has 3 atom stereocenters. The number of rotatable bonds is 3. The summed E-state index contributed by atoms with van der Waals surface area (Å²) in [4.78, 5) is 36.1. The number of aryl methyl sites for hydroxylation is 1. The summed E-state index contributed by atoms with van der Waals surface area (Å²) in [5.41, 5.74) is -0.779. The quantitative estimate of drug-likeness (QED) is 0.636. The molecule has 0 aromatic carbocycles. The second-order valence-corrected chi connectivity index (χ2v) is 4.33. The van der Waals surface area contributed by atoms with Crippen molar-refractivity contribution in [1.82, 2.24) is 9.55 Å². The van der Waals surface area contributed by atoms with E-state index in [0.717, 1.165) is 4.57 Å². The first-order valence-electron chi connectivity index (χ1n) is 5.84. The number of ether oxygens (including phenoxy) is 1. The minimum Gasteiger partial charge on any atom is -0.479 e. The Labute approximate surface area is 107 Å². The number of nitrogens with one attached hydrogen (secondary N) is 1. The van der Waals surface area contributed by atoms with Crippen LogP contribution in [0.25, 0.3) is 0 Å². The largest absolute Gasteiger partial charge is 0.479 e. The van der Waals surface area contributed by atoms with Crippen LogP contribution in [0.3, 0.4) is 0 Å². The van der Waals surface area contributed by atoms with Crippen LogP contribution in [0.4, 0.5) is 0 Å². The van der Waals surface area contributed by atoms with Gasteiger partial charge in [0.25, 0.3) is 5.56 Å². The number of aliphatic carboxylic acids is 1. The standard InChI is InChI=1S/C11H14N2O6/c1-2-5-4-13(11(18)12-9(5)15)7-3-6(14)8(19-7)10(16)17/h4,6-8,14H,2-3H2,1H3,(H,16,17)(H,12,15,18)/t6-,7+,8-/m0/s1. The molecule has 0 aliphatic carbocycles. The Morgan fingerprint density at radius 3 is 2.79 bits per heavy atom. The molecule has 104 valence electrons. The summed E-state index contributed by atoms with van der Waals surface area (Å²) in [5, 5.41) is 18.4. The zero-order valence-corrected chi connectivity index (χ0v) is 10.2. The smallest absolute Gasteiger partial charge is 0.335 e. The minimum atomic E-state index is -1.37. The highest BCUT2D eigenvalue weighted by Gasteiger charge is 2.40. The van der Waals surface area contributed by atoms with Crippen molar-refractivity contribution < 1.29 is 19.7 Å². The van der Waals surface area contributed by atoms with Gasteiger partial charge in [0.1, 0.15) is 6.23 Å². The normalized spacial score (nSPS) is 26.5. The van der Waals surface area contributed by atoms with E-state index in [9.17, 15) is 19.5 Å². The SMILES string of the molecule is CCc1cn([C@H]2C[C@H](O)[C@@H](C(=O)O)O2)c(=O)[nH]c1=O. The Bertz CT molecular complexity index is 604. The molecule has 0 spiro atoms. The van der Waals surface area contributed by atoms with Gasteiger partial charge in [-0.2, -0.15) is 0 Å². The molecule has 0 unspecified atom stereocenters. The first kappa shape index (κ1) is 13.5. The van der Waals surface area contributed by atoms with E-state index in [0.29, 0.717) is 12.0 Å². The average Bonchev–Trinajstić information content (AvgIpc) is 2.71. The van der Waals surface area contributed by atoms with Gasteiger partial charge in [0.05, 0.1) is 6.10 Å². The average molecular weight is 270 g/mol. The van der Waals surface area contributed by atoms with E-state index in [1.165, 1.54) is 6.20 Å². The van der Waals surface area contributed by atoms with E-state index in [4.69, 9.17) is 9.84 Å². The van der Waals surface area contributed by atoms with Crippen molar-refractivity contribution in [1.29, 1.82) is 0 Å². The second-order valence-electron chi connectivity index (χ2n) is 4.33. The molecule has 2 rings (SSSR count). The highest BCUT2D eigenvalue weighted by molar-refractivity contribution is 5.73. The van der Waals surface area contributed by atoms with E-state index in [2.05, 4.69) is 4.98 Å². The number of carbonyl (C=O) groups is 1. The van der Waals surface area contributed by atoms with Crippen LogP contribution in [0.2, 0.25) is 0 Å². The summed E-state index contributed by atoms with van der Waals surface area (Å²) >= 11 is 0. The molecular formula is C11H14N2O6. The highest BCUT2D eigenvalue weighted by Crippen LogP contribution is 2.27. The molecule has 1 aromatic rings. The van der Waals surface area contributed by atoms with Crippen LogP contribution in [-0.2, 0) is 16.0 Å². The van der Waals surface area contributed by atoms with Gasteiger partial charge < -0.3 is 14.9 Å². The van der Waals surface area contributed by atoms with Crippen LogP contribution in [0.1, 0.15) is 25.1 Å². The molecule has 0 radical (unpaired) electrons.